The molecule has 0 saturated heterocycles. The van der Waals surface area contributed by atoms with Crippen molar-refractivity contribution >= 4 is 22.5 Å². The summed E-state index contributed by atoms with van der Waals surface area (Å²) in [6.45, 7) is 8.50. The third kappa shape index (κ3) is 2.05. The zero-order valence-corrected chi connectivity index (χ0v) is 10.9. The summed E-state index contributed by atoms with van der Waals surface area (Å²) in [5, 5.41) is 1.83. The number of pyridine rings is 1. The lowest BCUT2D eigenvalue weighted by atomic mass is 9.91. The van der Waals surface area contributed by atoms with E-state index in [1.54, 1.807) is 0 Å². The molecular formula is C14H16ClN. The van der Waals surface area contributed by atoms with E-state index in [9.17, 15) is 0 Å². The van der Waals surface area contributed by atoms with Crippen LogP contribution in [0, 0.1) is 6.92 Å². The van der Waals surface area contributed by atoms with Crippen LogP contribution in [-0.4, -0.2) is 4.98 Å². The van der Waals surface area contributed by atoms with E-state index in [4.69, 9.17) is 11.6 Å². The molecule has 1 aromatic heterocycles. The smallest absolute Gasteiger partial charge is 0.0720 e. The fraction of sp³-hybridized carbons (Fsp3) is 0.357. The molecule has 0 aliphatic carbocycles. The quantitative estimate of drug-likeness (QED) is 0.653. The summed E-state index contributed by atoms with van der Waals surface area (Å²) < 4.78 is 0. The molecule has 1 heterocycles. The van der Waals surface area contributed by atoms with Gasteiger partial charge in [-0.1, -0.05) is 44.0 Å². The molecular weight excluding hydrogens is 218 g/mol. The van der Waals surface area contributed by atoms with Crippen LogP contribution in [-0.2, 0) is 5.41 Å². The third-order valence-corrected chi connectivity index (χ3v) is 2.99. The van der Waals surface area contributed by atoms with Crippen molar-refractivity contribution in [2.75, 3.05) is 0 Å². The summed E-state index contributed by atoms with van der Waals surface area (Å²) in [5.41, 5.74) is 3.25. The zero-order valence-electron chi connectivity index (χ0n) is 10.1. The molecule has 0 saturated carbocycles. The molecule has 0 amide bonds. The van der Waals surface area contributed by atoms with E-state index < -0.39 is 0 Å². The van der Waals surface area contributed by atoms with Crippen LogP contribution < -0.4 is 0 Å². The Bertz CT molecular complexity index is 538. The summed E-state index contributed by atoms with van der Waals surface area (Å²) in [6.07, 6.45) is 0. The Morgan fingerprint density at radius 2 is 1.81 bits per heavy atom. The monoisotopic (exact) mass is 233 g/mol. The van der Waals surface area contributed by atoms with Gasteiger partial charge in [-0.15, -0.1) is 0 Å². The van der Waals surface area contributed by atoms with E-state index in [0.29, 0.717) is 0 Å². The van der Waals surface area contributed by atoms with E-state index in [0.717, 1.165) is 21.6 Å². The average molecular weight is 234 g/mol. The Labute approximate surface area is 101 Å². The number of nitrogens with zero attached hydrogens (tertiary/aromatic N) is 1. The maximum absolute atomic E-state index is 6.30. The molecule has 2 rings (SSSR count). The molecule has 0 spiro atoms. The third-order valence-electron chi connectivity index (χ3n) is 2.68. The first-order valence-corrected chi connectivity index (χ1v) is 5.83. The second kappa shape index (κ2) is 3.74. The molecule has 0 radical (unpaired) electrons. The van der Waals surface area contributed by atoms with Crippen molar-refractivity contribution in [3.8, 4) is 0 Å². The van der Waals surface area contributed by atoms with Gasteiger partial charge in [-0.3, -0.25) is 4.98 Å². The van der Waals surface area contributed by atoms with Crippen molar-refractivity contribution in [2.24, 2.45) is 0 Å². The Balaban J connectivity index is 2.74. The van der Waals surface area contributed by atoms with Gasteiger partial charge < -0.3 is 0 Å². The second-order valence-corrected chi connectivity index (χ2v) is 5.67. The number of hydrogen-bond donors (Lipinski definition) is 0. The van der Waals surface area contributed by atoms with Crippen LogP contribution in [0.15, 0.2) is 24.3 Å². The minimum atomic E-state index is 0.0305. The van der Waals surface area contributed by atoms with Crippen molar-refractivity contribution in [1.29, 1.82) is 0 Å². The second-order valence-electron chi connectivity index (χ2n) is 5.26. The Morgan fingerprint density at radius 1 is 1.12 bits per heavy atom. The summed E-state index contributed by atoms with van der Waals surface area (Å²) in [6, 6.07) is 8.16. The van der Waals surface area contributed by atoms with Gasteiger partial charge in [0.25, 0.3) is 0 Å². The largest absolute Gasteiger partial charge is 0.252 e. The lowest BCUT2D eigenvalue weighted by molar-refractivity contribution is 0.571. The molecule has 0 atom stereocenters. The van der Waals surface area contributed by atoms with Crippen LogP contribution in [0.25, 0.3) is 10.9 Å². The van der Waals surface area contributed by atoms with Crippen LogP contribution in [0.5, 0.6) is 0 Å². The van der Waals surface area contributed by atoms with Crippen molar-refractivity contribution in [1.82, 2.24) is 4.98 Å². The minimum absolute atomic E-state index is 0.0305. The van der Waals surface area contributed by atoms with E-state index in [1.165, 1.54) is 5.56 Å². The summed E-state index contributed by atoms with van der Waals surface area (Å²) in [7, 11) is 0. The first kappa shape index (κ1) is 11.4. The highest BCUT2D eigenvalue weighted by Crippen LogP contribution is 2.29. The average Bonchev–Trinajstić information content (AvgIpc) is 2.17. The summed E-state index contributed by atoms with van der Waals surface area (Å²) in [5.74, 6) is 0. The van der Waals surface area contributed by atoms with Gasteiger partial charge in [-0.2, -0.15) is 0 Å². The summed E-state index contributed by atoms with van der Waals surface area (Å²) >= 11 is 6.30. The topological polar surface area (TPSA) is 12.9 Å². The molecule has 0 bridgehead atoms. The van der Waals surface area contributed by atoms with Crippen molar-refractivity contribution in [3.05, 3.63) is 40.5 Å². The highest BCUT2D eigenvalue weighted by Gasteiger charge is 2.17. The fourth-order valence-corrected chi connectivity index (χ4v) is 1.94. The lowest BCUT2D eigenvalue weighted by Crippen LogP contribution is -2.13. The van der Waals surface area contributed by atoms with Crippen LogP contribution in [0.4, 0.5) is 0 Å². The molecule has 0 N–H and O–H groups in total. The van der Waals surface area contributed by atoms with E-state index in [1.807, 2.05) is 12.1 Å². The first-order valence-electron chi connectivity index (χ1n) is 5.45. The van der Waals surface area contributed by atoms with Gasteiger partial charge >= 0.3 is 0 Å². The lowest BCUT2D eigenvalue weighted by Gasteiger charge is -2.18. The number of aromatic nitrogens is 1. The maximum atomic E-state index is 6.30. The van der Waals surface area contributed by atoms with Crippen molar-refractivity contribution in [3.63, 3.8) is 0 Å². The Kier molecular flexibility index (Phi) is 2.67. The standard InChI is InChI=1S/C14H16ClN/c1-9-5-6-12-10(7-9)11(15)8-13(16-12)14(2,3)4/h5-8H,1-4H3. The molecule has 0 fully saturated rings. The van der Waals surface area contributed by atoms with Crippen LogP contribution in [0.1, 0.15) is 32.0 Å². The van der Waals surface area contributed by atoms with Gasteiger partial charge in [0, 0.05) is 16.5 Å². The minimum Gasteiger partial charge on any atom is -0.252 e. The number of halogens is 1. The highest BCUT2D eigenvalue weighted by atomic mass is 35.5. The molecule has 16 heavy (non-hydrogen) atoms. The molecule has 2 heteroatoms. The number of fused-ring (bicyclic) bond motifs is 1. The van der Waals surface area contributed by atoms with Gasteiger partial charge in [0.1, 0.15) is 0 Å². The van der Waals surface area contributed by atoms with Gasteiger partial charge in [0.05, 0.1) is 10.5 Å². The van der Waals surface area contributed by atoms with Gasteiger partial charge in [-0.05, 0) is 25.1 Å². The summed E-state index contributed by atoms with van der Waals surface area (Å²) in [4.78, 5) is 4.66. The van der Waals surface area contributed by atoms with Gasteiger partial charge in [0.2, 0.25) is 0 Å². The van der Waals surface area contributed by atoms with Crippen LogP contribution >= 0.6 is 11.6 Å². The normalized spacial score (nSPS) is 12.1. The molecule has 2 aromatic rings. The van der Waals surface area contributed by atoms with E-state index in [-0.39, 0.29) is 5.41 Å². The molecule has 84 valence electrons. The first-order chi connectivity index (χ1) is 7.38. The van der Waals surface area contributed by atoms with Gasteiger partial charge in [0.15, 0.2) is 0 Å². The van der Waals surface area contributed by atoms with E-state index in [2.05, 4.69) is 44.8 Å². The Hall–Kier alpha value is -1.08. The SMILES string of the molecule is Cc1ccc2nc(C(C)(C)C)cc(Cl)c2c1. The van der Waals surface area contributed by atoms with Gasteiger partial charge in [-0.25, -0.2) is 0 Å². The molecule has 0 aliphatic rings. The fourth-order valence-electron chi connectivity index (χ4n) is 1.68. The van der Waals surface area contributed by atoms with Crippen molar-refractivity contribution in [2.45, 2.75) is 33.1 Å². The number of hydrogen-bond acceptors (Lipinski definition) is 1. The predicted octanol–water partition coefficient (Wildman–Crippen LogP) is 4.49. The predicted molar refractivity (Wildman–Crippen MR) is 70.2 cm³/mol. The number of benzene rings is 1. The molecule has 0 unspecified atom stereocenters. The number of rotatable bonds is 0. The van der Waals surface area contributed by atoms with E-state index >= 15 is 0 Å². The molecule has 1 nitrogen and oxygen atoms in total. The molecule has 0 aliphatic heterocycles. The zero-order chi connectivity index (χ0) is 11.9. The highest BCUT2D eigenvalue weighted by molar-refractivity contribution is 6.35. The molecule has 1 aromatic carbocycles. The van der Waals surface area contributed by atoms with Crippen LogP contribution in [0.3, 0.4) is 0 Å². The number of aryl methyl sites for hydroxylation is 1. The van der Waals surface area contributed by atoms with Crippen molar-refractivity contribution < 1.29 is 0 Å². The Morgan fingerprint density at radius 3 is 2.44 bits per heavy atom. The van der Waals surface area contributed by atoms with Crippen LogP contribution in [0.2, 0.25) is 5.02 Å². The maximum Gasteiger partial charge on any atom is 0.0720 e.